The lowest BCUT2D eigenvalue weighted by molar-refractivity contribution is -0.120. The molecular formula is C20H27NO2Si. The summed E-state index contributed by atoms with van der Waals surface area (Å²) >= 11 is 0. The van der Waals surface area contributed by atoms with E-state index in [2.05, 4.69) is 45.0 Å². The van der Waals surface area contributed by atoms with E-state index in [4.69, 9.17) is 10.2 Å². The molecule has 0 saturated heterocycles. The molecule has 0 aromatic heterocycles. The molecule has 0 aliphatic heterocycles. The van der Waals surface area contributed by atoms with Gasteiger partial charge in [0.1, 0.15) is 6.61 Å². The molecule has 2 rings (SSSR count). The highest BCUT2D eigenvalue weighted by Gasteiger charge is 2.46. The van der Waals surface area contributed by atoms with Crippen molar-refractivity contribution in [1.82, 2.24) is 0 Å². The quantitative estimate of drug-likeness (QED) is 0.779. The molecule has 2 N–H and O–H groups in total. The second-order valence-electron chi connectivity index (χ2n) is 7.32. The van der Waals surface area contributed by atoms with Crippen molar-refractivity contribution >= 4 is 14.2 Å². The highest BCUT2D eigenvalue weighted by Crippen LogP contribution is 2.41. The van der Waals surface area contributed by atoms with E-state index in [9.17, 15) is 4.79 Å². The molecule has 0 fully saturated rings. The van der Waals surface area contributed by atoms with Gasteiger partial charge in [0.05, 0.1) is 0 Å². The Morgan fingerprint density at radius 3 is 1.67 bits per heavy atom. The minimum absolute atomic E-state index is 0.0108. The van der Waals surface area contributed by atoms with Gasteiger partial charge in [0.25, 0.3) is 0 Å². The van der Waals surface area contributed by atoms with Gasteiger partial charge in [-0.25, -0.2) is 0 Å². The topological polar surface area (TPSA) is 52.3 Å². The Morgan fingerprint density at radius 1 is 0.917 bits per heavy atom. The van der Waals surface area contributed by atoms with Gasteiger partial charge >= 0.3 is 0 Å². The van der Waals surface area contributed by atoms with E-state index in [1.807, 2.05) is 36.4 Å². The summed E-state index contributed by atoms with van der Waals surface area (Å²) in [5.74, 6) is -0.405. The van der Waals surface area contributed by atoms with Crippen molar-refractivity contribution in [2.45, 2.75) is 37.9 Å². The van der Waals surface area contributed by atoms with Crippen LogP contribution in [0.3, 0.4) is 0 Å². The summed E-state index contributed by atoms with van der Waals surface area (Å²) in [6.07, 6.45) is 0. The highest BCUT2D eigenvalue weighted by atomic mass is 28.4. The number of rotatable bonds is 7. The minimum atomic E-state index is -2.34. The fourth-order valence-corrected chi connectivity index (χ4v) is 7.00. The smallest absolute Gasteiger partial charge is 0.242 e. The summed E-state index contributed by atoms with van der Waals surface area (Å²) in [6.45, 7) is 6.63. The standard InChI is InChI=1S/C20H27NO2Si/c1-20(2,3)24(23-14-19(21)22,15-17-10-6-4-7-11-17)16-18-12-8-5-9-13-18/h4-13H,14-16H2,1-3H3,(H2,21,22). The van der Waals surface area contributed by atoms with Gasteiger partial charge in [0, 0.05) is 0 Å². The first-order valence-electron chi connectivity index (χ1n) is 8.32. The van der Waals surface area contributed by atoms with Crippen molar-refractivity contribution in [2.75, 3.05) is 6.61 Å². The zero-order valence-electron chi connectivity index (χ0n) is 14.8. The molecule has 0 bridgehead atoms. The van der Waals surface area contributed by atoms with Gasteiger partial charge in [0.2, 0.25) is 14.2 Å². The molecule has 24 heavy (non-hydrogen) atoms. The summed E-state index contributed by atoms with van der Waals surface area (Å²) in [7, 11) is -2.34. The molecule has 0 atom stereocenters. The normalized spacial score (nSPS) is 12.1. The van der Waals surface area contributed by atoms with Gasteiger partial charge in [-0.1, -0.05) is 81.4 Å². The van der Waals surface area contributed by atoms with Gasteiger partial charge < -0.3 is 10.2 Å². The molecule has 1 amide bonds. The number of carbonyl (C=O) groups excluding carboxylic acids is 1. The average molecular weight is 342 g/mol. The minimum Gasteiger partial charge on any atom is -0.406 e. The fourth-order valence-electron chi connectivity index (χ4n) is 2.97. The van der Waals surface area contributed by atoms with Crippen LogP contribution in [0.15, 0.2) is 60.7 Å². The highest BCUT2D eigenvalue weighted by molar-refractivity contribution is 6.75. The Hall–Kier alpha value is -1.91. The third-order valence-electron chi connectivity index (χ3n) is 4.52. The van der Waals surface area contributed by atoms with Crippen LogP contribution in [0.1, 0.15) is 31.9 Å². The number of primary amides is 1. The Morgan fingerprint density at radius 2 is 1.33 bits per heavy atom. The van der Waals surface area contributed by atoms with Crippen molar-refractivity contribution in [1.29, 1.82) is 0 Å². The number of carbonyl (C=O) groups is 1. The van der Waals surface area contributed by atoms with E-state index in [-0.39, 0.29) is 11.6 Å². The molecule has 0 aliphatic carbocycles. The summed E-state index contributed by atoms with van der Waals surface area (Å²) in [5.41, 5.74) is 7.89. The summed E-state index contributed by atoms with van der Waals surface area (Å²) < 4.78 is 6.33. The van der Waals surface area contributed by atoms with Crippen LogP contribution in [0, 0.1) is 0 Å². The Labute approximate surface area is 146 Å². The molecular weight excluding hydrogens is 314 g/mol. The van der Waals surface area contributed by atoms with Crippen molar-refractivity contribution in [2.24, 2.45) is 5.73 Å². The Kier molecular flexibility index (Phi) is 5.97. The molecule has 0 aliphatic rings. The lowest BCUT2D eigenvalue weighted by Crippen LogP contribution is -2.53. The average Bonchev–Trinajstić information content (AvgIpc) is 2.53. The van der Waals surface area contributed by atoms with E-state index in [1.54, 1.807) is 0 Å². The lowest BCUT2D eigenvalue weighted by atomic mass is 10.2. The molecule has 4 heteroatoms. The first-order valence-corrected chi connectivity index (χ1v) is 10.6. The van der Waals surface area contributed by atoms with Crippen LogP contribution in [-0.4, -0.2) is 20.8 Å². The molecule has 0 radical (unpaired) electrons. The Balaban J connectivity index is 2.40. The van der Waals surface area contributed by atoms with Gasteiger partial charge in [0.15, 0.2) is 0 Å². The number of nitrogens with two attached hydrogens (primary N) is 1. The fraction of sp³-hybridized carbons (Fsp3) is 0.350. The third-order valence-corrected chi connectivity index (χ3v) is 9.91. The van der Waals surface area contributed by atoms with Crippen LogP contribution in [0.25, 0.3) is 0 Å². The maximum Gasteiger partial charge on any atom is 0.242 e. The number of hydrogen-bond donors (Lipinski definition) is 1. The molecule has 2 aromatic carbocycles. The SMILES string of the molecule is CC(C)(C)[Si](Cc1ccccc1)(Cc1ccccc1)OCC(N)=O. The van der Waals surface area contributed by atoms with Gasteiger partial charge in [-0.15, -0.1) is 0 Å². The second kappa shape index (κ2) is 7.77. The van der Waals surface area contributed by atoms with Gasteiger partial charge in [-0.2, -0.15) is 0 Å². The van der Waals surface area contributed by atoms with Crippen molar-refractivity contribution in [3.05, 3.63) is 71.8 Å². The number of hydrogen-bond acceptors (Lipinski definition) is 2. The first-order chi connectivity index (χ1) is 11.3. The predicted molar refractivity (Wildman–Crippen MR) is 101 cm³/mol. The van der Waals surface area contributed by atoms with Gasteiger partial charge in [-0.05, 0) is 28.3 Å². The molecule has 2 aromatic rings. The summed E-state index contributed by atoms with van der Waals surface area (Å²) in [4.78, 5) is 11.4. The monoisotopic (exact) mass is 341 g/mol. The van der Waals surface area contributed by atoms with Crippen molar-refractivity contribution in [3.63, 3.8) is 0 Å². The molecule has 3 nitrogen and oxygen atoms in total. The first kappa shape index (κ1) is 18.4. The number of benzene rings is 2. The summed E-state index contributed by atoms with van der Waals surface area (Å²) in [5, 5.41) is -0.0336. The second-order valence-corrected chi connectivity index (χ2v) is 11.8. The van der Waals surface area contributed by atoms with E-state index in [0.717, 1.165) is 12.1 Å². The largest absolute Gasteiger partial charge is 0.406 e. The summed E-state index contributed by atoms with van der Waals surface area (Å²) in [6, 6.07) is 22.5. The Bertz CT molecular complexity index is 609. The lowest BCUT2D eigenvalue weighted by Gasteiger charge is -2.42. The van der Waals surface area contributed by atoms with Crippen LogP contribution >= 0.6 is 0 Å². The van der Waals surface area contributed by atoms with Crippen molar-refractivity contribution in [3.8, 4) is 0 Å². The van der Waals surface area contributed by atoms with Crippen LogP contribution in [0.4, 0.5) is 0 Å². The molecule has 0 heterocycles. The van der Waals surface area contributed by atoms with E-state index in [1.165, 1.54) is 11.1 Å². The maximum atomic E-state index is 11.4. The third kappa shape index (κ3) is 4.79. The molecule has 0 unspecified atom stereocenters. The molecule has 0 saturated carbocycles. The molecule has 0 spiro atoms. The van der Waals surface area contributed by atoms with E-state index in [0.29, 0.717) is 0 Å². The molecule has 128 valence electrons. The van der Waals surface area contributed by atoms with Crippen LogP contribution in [0.5, 0.6) is 0 Å². The zero-order chi connectivity index (χ0) is 17.6. The van der Waals surface area contributed by atoms with Crippen LogP contribution < -0.4 is 5.73 Å². The van der Waals surface area contributed by atoms with Crippen molar-refractivity contribution < 1.29 is 9.22 Å². The van der Waals surface area contributed by atoms with E-state index < -0.39 is 14.2 Å². The predicted octanol–water partition coefficient (Wildman–Crippen LogP) is 3.80. The van der Waals surface area contributed by atoms with Crippen LogP contribution in [0.2, 0.25) is 5.04 Å². The maximum absolute atomic E-state index is 11.4. The number of amides is 1. The van der Waals surface area contributed by atoms with E-state index >= 15 is 0 Å². The zero-order valence-corrected chi connectivity index (χ0v) is 15.8. The van der Waals surface area contributed by atoms with Crippen LogP contribution in [-0.2, 0) is 21.3 Å². The van der Waals surface area contributed by atoms with Gasteiger partial charge in [-0.3, -0.25) is 4.79 Å².